The van der Waals surface area contributed by atoms with Gasteiger partial charge in [0, 0.05) is 34.0 Å². The molecule has 0 fully saturated rings. The molecule has 0 N–H and O–H groups in total. The zero-order valence-corrected chi connectivity index (χ0v) is 22.6. The Morgan fingerprint density at radius 1 is 0.390 bits per heavy atom. The van der Waals surface area contributed by atoms with Crippen LogP contribution in [0.25, 0.3) is 67.2 Å². The molecule has 0 amide bonds. The molecule has 194 valence electrons. The van der Waals surface area contributed by atoms with E-state index in [1.807, 2.05) is 66.9 Å². The summed E-state index contributed by atoms with van der Waals surface area (Å²) < 4.78 is 0. The molecule has 4 nitrogen and oxygen atoms in total. The largest absolute Gasteiger partial charge is 0.261 e. The summed E-state index contributed by atoms with van der Waals surface area (Å²) in [6, 6.07) is 45.7. The fraction of sp³-hybridized carbons (Fsp3) is 0.0270. The van der Waals surface area contributed by atoms with Crippen LogP contribution in [0.4, 0.5) is 0 Å². The second-order valence-electron chi connectivity index (χ2n) is 9.99. The molecule has 0 aliphatic heterocycles. The fourth-order valence-corrected chi connectivity index (χ4v) is 5.24. The van der Waals surface area contributed by atoms with Crippen LogP contribution in [-0.2, 0) is 0 Å². The minimum Gasteiger partial charge on any atom is -0.261 e. The summed E-state index contributed by atoms with van der Waals surface area (Å²) >= 11 is 0. The van der Waals surface area contributed by atoms with Crippen LogP contribution >= 0.6 is 0 Å². The monoisotopic (exact) mass is 526 g/mol. The number of hydrogen-bond acceptors (Lipinski definition) is 4. The van der Waals surface area contributed by atoms with Crippen LogP contribution in [0.1, 0.15) is 5.69 Å². The normalized spacial score (nSPS) is 11.0. The number of benzene rings is 5. The predicted octanol–water partition coefficient (Wildman–Crippen LogP) is 9.06. The minimum absolute atomic E-state index is 0.652. The van der Waals surface area contributed by atoms with E-state index in [2.05, 4.69) is 84.7 Å². The molecule has 4 heteroatoms. The van der Waals surface area contributed by atoms with Gasteiger partial charge in [0.25, 0.3) is 0 Å². The molecule has 0 spiro atoms. The summed E-state index contributed by atoms with van der Waals surface area (Å²) in [5.41, 5.74) is 8.58. The Balaban J connectivity index is 1.22. The van der Waals surface area contributed by atoms with E-state index in [1.165, 1.54) is 21.9 Å². The molecule has 0 unspecified atom stereocenters. The highest BCUT2D eigenvalue weighted by atomic mass is 15.0. The van der Waals surface area contributed by atoms with Gasteiger partial charge in [-0.2, -0.15) is 0 Å². The first kappa shape index (κ1) is 24.6. The molecular weight excluding hydrogens is 500 g/mol. The van der Waals surface area contributed by atoms with Gasteiger partial charge < -0.3 is 0 Å². The van der Waals surface area contributed by atoms with Crippen LogP contribution in [-0.4, -0.2) is 19.9 Å². The predicted molar refractivity (Wildman–Crippen MR) is 167 cm³/mol. The quantitative estimate of drug-likeness (QED) is 0.224. The van der Waals surface area contributed by atoms with Crippen molar-refractivity contribution in [3.05, 3.63) is 145 Å². The molecule has 41 heavy (non-hydrogen) atoms. The maximum Gasteiger partial charge on any atom is 0.164 e. The molecule has 0 saturated carbocycles. The van der Waals surface area contributed by atoms with Gasteiger partial charge in [0.2, 0.25) is 0 Å². The van der Waals surface area contributed by atoms with E-state index in [1.54, 1.807) is 0 Å². The van der Waals surface area contributed by atoms with Gasteiger partial charge in [0.05, 0.1) is 0 Å². The van der Waals surface area contributed by atoms with Gasteiger partial charge in [-0.1, -0.05) is 127 Å². The van der Waals surface area contributed by atoms with E-state index in [0.29, 0.717) is 17.5 Å². The molecule has 7 aromatic rings. The first-order valence-electron chi connectivity index (χ1n) is 13.7. The average molecular weight is 527 g/mol. The Morgan fingerprint density at radius 2 is 0.854 bits per heavy atom. The topological polar surface area (TPSA) is 51.6 Å². The zero-order chi connectivity index (χ0) is 27.6. The Morgan fingerprint density at radius 3 is 1.39 bits per heavy atom. The zero-order valence-electron chi connectivity index (χ0n) is 22.6. The summed E-state index contributed by atoms with van der Waals surface area (Å²) in [4.78, 5) is 19.0. The second-order valence-corrected chi connectivity index (χ2v) is 9.99. The highest BCUT2D eigenvalue weighted by Crippen LogP contribution is 2.32. The van der Waals surface area contributed by atoms with Crippen LogP contribution in [0.5, 0.6) is 0 Å². The number of hydrogen-bond donors (Lipinski definition) is 0. The van der Waals surface area contributed by atoms with Crippen molar-refractivity contribution in [2.24, 2.45) is 0 Å². The van der Waals surface area contributed by atoms with E-state index in [4.69, 9.17) is 15.0 Å². The van der Waals surface area contributed by atoms with Crippen LogP contribution in [0.2, 0.25) is 0 Å². The SMILES string of the molecule is Cc1nccc2cccc(-c3ccc(-c4ccc(-c5nc(-c6ccccc6)nc(-c6ccccc6)n5)cc4)cc3)c12. The highest BCUT2D eigenvalue weighted by molar-refractivity contribution is 5.98. The number of fused-ring (bicyclic) bond motifs is 1. The first-order chi connectivity index (χ1) is 20.2. The summed E-state index contributed by atoms with van der Waals surface area (Å²) in [6.45, 7) is 2.07. The van der Waals surface area contributed by atoms with Crippen LogP contribution in [0, 0.1) is 6.92 Å². The number of rotatable bonds is 5. The van der Waals surface area contributed by atoms with Gasteiger partial charge in [0.1, 0.15) is 0 Å². The Hall–Kier alpha value is -5.48. The number of aromatic nitrogens is 4. The van der Waals surface area contributed by atoms with Crippen molar-refractivity contribution in [2.45, 2.75) is 6.92 Å². The molecule has 0 aliphatic rings. The van der Waals surface area contributed by atoms with Gasteiger partial charge >= 0.3 is 0 Å². The standard InChI is InChI=1S/C37H26N4/c1-25-34-29(23-24-38-25)13-8-14-33(34)28-19-15-26(16-20-28)27-17-21-32(22-18-27)37-40-35(30-9-4-2-5-10-30)39-36(41-37)31-11-6-3-7-12-31/h2-24H,1H3. The smallest absolute Gasteiger partial charge is 0.164 e. The third-order valence-electron chi connectivity index (χ3n) is 7.35. The van der Waals surface area contributed by atoms with Crippen molar-refractivity contribution < 1.29 is 0 Å². The molecule has 0 radical (unpaired) electrons. The maximum atomic E-state index is 4.85. The Kier molecular flexibility index (Phi) is 6.34. The van der Waals surface area contributed by atoms with Gasteiger partial charge in [-0.15, -0.1) is 0 Å². The van der Waals surface area contributed by atoms with Crippen molar-refractivity contribution in [3.63, 3.8) is 0 Å². The van der Waals surface area contributed by atoms with E-state index in [-0.39, 0.29) is 0 Å². The highest BCUT2D eigenvalue weighted by Gasteiger charge is 2.13. The fourth-order valence-electron chi connectivity index (χ4n) is 5.24. The third kappa shape index (κ3) is 4.88. The van der Waals surface area contributed by atoms with E-state index in [9.17, 15) is 0 Å². The van der Waals surface area contributed by atoms with Gasteiger partial charge in [-0.05, 0) is 40.6 Å². The Labute approximate surface area is 239 Å². The maximum absolute atomic E-state index is 4.85. The lowest BCUT2D eigenvalue weighted by molar-refractivity contribution is 1.07. The number of aryl methyl sites for hydroxylation is 1. The van der Waals surface area contributed by atoms with Gasteiger partial charge in [-0.3, -0.25) is 4.98 Å². The molecular formula is C37H26N4. The second kappa shape index (κ2) is 10.6. The van der Waals surface area contributed by atoms with Gasteiger partial charge in [-0.25, -0.2) is 15.0 Å². The van der Waals surface area contributed by atoms with Crippen molar-refractivity contribution in [1.82, 2.24) is 19.9 Å². The van der Waals surface area contributed by atoms with Crippen LogP contribution < -0.4 is 0 Å². The summed E-state index contributed by atoms with van der Waals surface area (Å²) in [5.74, 6) is 1.97. The minimum atomic E-state index is 0.652. The molecule has 7 rings (SSSR count). The lowest BCUT2D eigenvalue weighted by atomic mass is 9.95. The first-order valence-corrected chi connectivity index (χ1v) is 13.7. The van der Waals surface area contributed by atoms with Crippen molar-refractivity contribution in [3.8, 4) is 56.4 Å². The summed E-state index contributed by atoms with van der Waals surface area (Å²) in [5, 5.41) is 2.41. The molecule has 0 atom stereocenters. The van der Waals surface area contributed by atoms with Crippen LogP contribution in [0.3, 0.4) is 0 Å². The Bertz CT molecular complexity index is 1900. The van der Waals surface area contributed by atoms with Crippen molar-refractivity contribution >= 4 is 10.8 Å². The van der Waals surface area contributed by atoms with Crippen LogP contribution in [0.15, 0.2) is 140 Å². The number of pyridine rings is 1. The number of nitrogens with zero attached hydrogens (tertiary/aromatic N) is 4. The average Bonchev–Trinajstić information content (AvgIpc) is 3.05. The lowest BCUT2D eigenvalue weighted by Gasteiger charge is -2.11. The summed E-state index contributed by atoms with van der Waals surface area (Å²) in [6.07, 6.45) is 1.87. The molecule has 0 saturated heterocycles. The van der Waals surface area contributed by atoms with Crippen molar-refractivity contribution in [1.29, 1.82) is 0 Å². The molecule has 2 heterocycles. The molecule has 2 aromatic heterocycles. The van der Waals surface area contributed by atoms with E-state index >= 15 is 0 Å². The van der Waals surface area contributed by atoms with Gasteiger partial charge in [0.15, 0.2) is 17.5 Å². The van der Waals surface area contributed by atoms with E-state index < -0.39 is 0 Å². The molecule has 5 aromatic carbocycles. The third-order valence-corrected chi connectivity index (χ3v) is 7.35. The molecule has 0 bridgehead atoms. The summed E-state index contributed by atoms with van der Waals surface area (Å²) in [7, 11) is 0. The lowest BCUT2D eigenvalue weighted by Crippen LogP contribution is -2.00. The molecule has 0 aliphatic carbocycles. The van der Waals surface area contributed by atoms with Crippen molar-refractivity contribution in [2.75, 3.05) is 0 Å². The van der Waals surface area contributed by atoms with E-state index in [0.717, 1.165) is 33.5 Å².